The Morgan fingerprint density at radius 2 is 1.61 bits per heavy atom. The van der Waals surface area contributed by atoms with E-state index < -0.39 is 0 Å². The molecule has 2 N–H and O–H groups in total. The first kappa shape index (κ1) is 26.9. The van der Waals surface area contributed by atoms with Crippen molar-refractivity contribution in [2.24, 2.45) is 50.7 Å². The highest BCUT2D eigenvalue weighted by Gasteiger charge is 2.83. The molecule has 5 rings (SSSR count). The van der Waals surface area contributed by atoms with E-state index in [2.05, 4.69) is 34.6 Å². The highest BCUT2D eigenvalue weighted by Crippen LogP contribution is 2.89. The lowest BCUT2D eigenvalue weighted by Gasteiger charge is -2.63. The normalized spacial score (nSPS) is 50.2. The van der Waals surface area contributed by atoms with Crippen LogP contribution >= 0.6 is 0 Å². The molecule has 5 saturated carbocycles. The van der Waals surface area contributed by atoms with Crippen LogP contribution in [0.5, 0.6) is 0 Å². The van der Waals surface area contributed by atoms with E-state index in [4.69, 9.17) is 9.47 Å². The fourth-order valence-corrected chi connectivity index (χ4v) is 11.6. The fraction of sp³-hybridized carbons (Fsp3) is 0.968. The molecule has 5 aliphatic carbocycles. The van der Waals surface area contributed by atoms with Gasteiger partial charge in [-0.05, 0) is 110 Å². The summed E-state index contributed by atoms with van der Waals surface area (Å²) in [6, 6.07) is 0. The molecule has 11 atom stereocenters. The SMILES string of the molecule is COC(=O)CCC(C[C@@H](C)C1C[C@H](O)[C@@]2(C)C3CC[C@H]4C(C)(C)C(O)CCC45CC35CCC12C)OC. The van der Waals surface area contributed by atoms with Gasteiger partial charge in [0.1, 0.15) is 0 Å². The van der Waals surface area contributed by atoms with Gasteiger partial charge in [0.2, 0.25) is 0 Å². The van der Waals surface area contributed by atoms with Crippen molar-refractivity contribution >= 4 is 5.97 Å². The summed E-state index contributed by atoms with van der Waals surface area (Å²) in [5.41, 5.74) is 0.812. The molecular weight excluding hydrogens is 452 g/mol. The van der Waals surface area contributed by atoms with Crippen LogP contribution in [0.3, 0.4) is 0 Å². The van der Waals surface area contributed by atoms with Gasteiger partial charge in [-0.25, -0.2) is 0 Å². The van der Waals surface area contributed by atoms with Gasteiger partial charge in [0.05, 0.1) is 25.4 Å². The molecule has 0 aromatic carbocycles. The first-order chi connectivity index (χ1) is 16.8. The zero-order valence-electron chi connectivity index (χ0n) is 23.9. The topological polar surface area (TPSA) is 76.0 Å². The Morgan fingerprint density at radius 3 is 2.28 bits per heavy atom. The molecule has 5 nitrogen and oxygen atoms in total. The lowest BCUT2D eigenvalue weighted by atomic mass is 9.41. The highest BCUT2D eigenvalue weighted by atomic mass is 16.5. The van der Waals surface area contributed by atoms with Crippen LogP contribution < -0.4 is 0 Å². The summed E-state index contributed by atoms with van der Waals surface area (Å²) in [6.07, 6.45) is 10.8. The molecule has 5 aliphatic rings. The smallest absolute Gasteiger partial charge is 0.305 e. The number of fused-ring (bicyclic) bond motifs is 2. The van der Waals surface area contributed by atoms with Crippen molar-refractivity contribution in [3.63, 3.8) is 0 Å². The molecule has 36 heavy (non-hydrogen) atoms. The molecule has 0 amide bonds. The molecule has 206 valence electrons. The number of rotatable bonds is 7. The summed E-state index contributed by atoms with van der Waals surface area (Å²) in [7, 11) is 3.19. The minimum Gasteiger partial charge on any atom is -0.469 e. The number of esters is 1. The Hall–Kier alpha value is -0.650. The van der Waals surface area contributed by atoms with Gasteiger partial charge in [-0.1, -0.05) is 34.6 Å². The van der Waals surface area contributed by atoms with Crippen molar-refractivity contribution < 1.29 is 24.5 Å². The van der Waals surface area contributed by atoms with E-state index in [9.17, 15) is 15.0 Å². The third-order valence-electron chi connectivity index (χ3n) is 13.8. The second kappa shape index (κ2) is 8.68. The molecular formula is C31H52O5. The predicted octanol–water partition coefficient (Wildman–Crippen LogP) is 5.75. The van der Waals surface area contributed by atoms with Crippen LogP contribution in [0.15, 0.2) is 0 Å². The van der Waals surface area contributed by atoms with Gasteiger partial charge in [0.15, 0.2) is 0 Å². The molecule has 7 unspecified atom stereocenters. The molecule has 0 heterocycles. The summed E-state index contributed by atoms with van der Waals surface area (Å²) in [6.45, 7) is 11.9. The monoisotopic (exact) mass is 504 g/mol. The minimum atomic E-state index is -0.260. The Balaban J connectivity index is 1.38. The number of hydrogen-bond acceptors (Lipinski definition) is 5. The van der Waals surface area contributed by atoms with E-state index in [-0.39, 0.29) is 40.5 Å². The second-order valence-electron chi connectivity index (χ2n) is 14.8. The second-order valence-corrected chi connectivity index (χ2v) is 14.8. The van der Waals surface area contributed by atoms with Gasteiger partial charge in [-0.2, -0.15) is 0 Å². The predicted molar refractivity (Wildman–Crippen MR) is 140 cm³/mol. The van der Waals surface area contributed by atoms with E-state index in [1.165, 1.54) is 45.6 Å². The summed E-state index contributed by atoms with van der Waals surface area (Å²) < 4.78 is 10.6. The van der Waals surface area contributed by atoms with Crippen LogP contribution in [-0.4, -0.2) is 48.7 Å². The number of methoxy groups -OCH3 is 2. The van der Waals surface area contributed by atoms with Gasteiger partial charge in [-0.15, -0.1) is 0 Å². The van der Waals surface area contributed by atoms with Crippen LogP contribution in [0.1, 0.15) is 105 Å². The zero-order valence-corrected chi connectivity index (χ0v) is 23.9. The zero-order chi connectivity index (χ0) is 26.3. The Morgan fingerprint density at radius 1 is 0.944 bits per heavy atom. The summed E-state index contributed by atoms with van der Waals surface area (Å²) in [5.74, 6) is 1.91. The number of aliphatic hydroxyl groups excluding tert-OH is 2. The Bertz CT molecular complexity index is 871. The molecule has 2 spiro atoms. The largest absolute Gasteiger partial charge is 0.469 e. The van der Waals surface area contributed by atoms with E-state index >= 15 is 0 Å². The van der Waals surface area contributed by atoms with E-state index in [1.54, 1.807) is 7.11 Å². The summed E-state index contributed by atoms with van der Waals surface area (Å²) >= 11 is 0. The molecule has 0 aromatic heterocycles. The van der Waals surface area contributed by atoms with Crippen LogP contribution in [0.4, 0.5) is 0 Å². The van der Waals surface area contributed by atoms with Crippen LogP contribution in [0.25, 0.3) is 0 Å². The standard InChI is InChI=1S/C31H52O5/c1-19(16-20(35-6)8-11-26(34)36-7)21-17-25(33)29(5)23-10-9-22-27(2,3)24(32)12-13-30(22)18-31(23,30)15-14-28(21,29)4/h19-25,32-33H,8-18H2,1-7H3/t19-,20?,21?,22+,23?,24?,25+,28?,29-,30?,31?/m1/s1. The van der Waals surface area contributed by atoms with Gasteiger partial charge in [0.25, 0.3) is 0 Å². The number of carbonyl (C=O) groups excluding carboxylic acids is 1. The number of ether oxygens (including phenoxy) is 2. The average molecular weight is 505 g/mol. The van der Waals surface area contributed by atoms with Crippen molar-refractivity contribution in [2.45, 2.75) is 124 Å². The van der Waals surface area contributed by atoms with E-state index in [0.29, 0.717) is 47.3 Å². The molecule has 0 radical (unpaired) electrons. The van der Waals surface area contributed by atoms with E-state index in [1.807, 2.05) is 0 Å². The van der Waals surface area contributed by atoms with Gasteiger partial charge in [-0.3, -0.25) is 4.79 Å². The first-order valence-corrected chi connectivity index (χ1v) is 14.8. The third-order valence-corrected chi connectivity index (χ3v) is 13.8. The lowest BCUT2D eigenvalue weighted by Crippen LogP contribution is -2.59. The summed E-state index contributed by atoms with van der Waals surface area (Å²) in [4.78, 5) is 11.7. The van der Waals surface area contributed by atoms with Crippen LogP contribution in [-0.2, 0) is 14.3 Å². The van der Waals surface area contributed by atoms with Crippen LogP contribution in [0, 0.1) is 50.7 Å². The van der Waals surface area contributed by atoms with E-state index in [0.717, 1.165) is 19.3 Å². The molecule has 0 aliphatic heterocycles. The van der Waals surface area contributed by atoms with Gasteiger partial charge < -0.3 is 19.7 Å². The maximum atomic E-state index is 11.8. The Labute approximate surface area is 219 Å². The molecule has 5 heteroatoms. The average Bonchev–Trinajstić information content (AvgIpc) is 3.46. The quantitative estimate of drug-likeness (QED) is 0.432. The first-order valence-electron chi connectivity index (χ1n) is 14.8. The fourth-order valence-electron chi connectivity index (χ4n) is 11.6. The van der Waals surface area contributed by atoms with Crippen molar-refractivity contribution in [1.82, 2.24) is 0 Å². The number of aliphatic hydroxyl groups is 2. The van der Waals surface area contributed by atoms with Gasteiger partial charge in [0, 0.05) is 18.9 Å². The molecule has 0 bridgehead atoms. The maximum Gasteiger partial charge on any atom is 0.305 e. The third kappa shape index (κ3) is 3.33. The number of carbonyl (C=O) groups is 1. The molecule has 0 aromatic rings. The van der Waals surface area contributed by atoms with Crippen LogP contribution in [0.2, 0.25) is 0 Å². The maximum absolute atomic E-state index is 11.8. The molecule has 5 fully saturated rings. The van der Waals surface area contributed by atoms with Crippen molar-refractivity contribution in [1.29, 1.82) is 0 Å². The lowest BCUT2D eigenvalue weighted by molar-refractivity contribution is -0.182. The molecule has 0 saturated heterocycles. The highest BCUT2D eigenvalue weighted by molar-refractivity contribution is 5.69. The minimum absolute atomic E-state index is 0.000912. The van der Waals surface area contributed by atoms with Crippen molar-refractivity contribution in [2.75, 3.05) is 14.2 Å². The Kier molecular flexibility index (Phi) is 6.49. The van der Waals surface area contributed by atoms with Gasteiger partial charge >= 0.3 is 5.97 Å². The summed E-state index contributed by atoms with van der Waals surface area (Å²) in [5, 5.41) is 22.7. The van der Waals surface area contributed by atoms with Crippen molar-refractivity contribution in [3.05, 3.63) is 0 Å². The number of hydrogen-bond donors (Lipinski definition) is 2. The van der Waals surface area contributed by atoms with Crippen molar-refractivity contribution in [3.8, 4) is 0 Å².